The van der Waals surface area contributed by atoms with Gasteiger partial charge in [0, 0.05) is 32.7 Å². The zero-order valence-electron chi connectivity index (χ0n) is 16.8. The molecule has 7 heteroatoms. The summed E-state index contributed by atoms with van der Waals surface area (Å²) in [4.78, 5) is 15.2. The highest BCUT2D eigenvalue weighted by Crippen LogP contribution is 2.24. The number of nitrogens with zero attached hydrogens (tertiary/aromatic N) is 3. The smallest absolute Gasteiger partial charge is 0.309 e. The van der Waals surface area contributed by atoms with Gasteiger partial charge in [-0.2, -0.15) is 5.26 Å². The van der Waals surface area contributed by atoms with Gasteiger partial charge in [-0.15, -0.1) is 0 Å². The molecule has 0 atom stereocenters. The molecule has 2 aromatic rings. The lowest BCUT2D eigenvalue weighted by Gasteiger charge is -2.36. The molecule has 156 valence electrons. The van der Waals surface area contributed by atoms with Crippen LogP contribution in [0.5, 0.6) is 5.75 Å². The number of morpholine rings is 1. The van der Waals surface area contributed by atoms with Crippen molar-refractivity contribution in [1.29, 1.82) is 5.26 Å². The number of anilines is 1. The molecule has 30 heavy (non-hydrogen) atoms. The summed E-state index contributed by atoms with van der Waals surface area (Å²) >= 11 is 0. The van der Waals surface area contributed by atoms with Crippen LogP contribution in [0.3, 0.4) is 0 Å². The summed E-state index contributed by atoms with van der Waals surface area (Å²) in [6.07, 6.45) is 0. The van der Waals surface area contributed by atoms with Crippen molar-refractivity contribution in [2.45, 2.75) is 13.2 Å². The summed E-state index contributed by atoms with van der Waals surface area (Å²) in [6, 6.07) is 16.0. The minimum absolute atomic E-state index is 0.236. The minimum atomic E-state index is -0.715. The summed E-state index contributed by atoms with van der Waals surface area (Å²) in [5, 5.41) is 18.5. The second-order valence-electron chi connectivity index (χ2n) is 7.72. The molecule has 0 amide bonds. The van der Waals surface area contributed by atoms with Gasteiger partial charge in [-0.3, -0.25) is 9.69 Å². The highest BCUT2D eigenvalue weighted by Gasteiger charge is 2.32. The third-order valence-corrected chi connectivity index (χ3v) is 5.57. The van der Waals surface area contributed by atoms with Gasteiger partial charge in [0.2, 0.25) is 0 Å². The van der Waals surface area contributed by atoms with Crippen LogP contribution in [-0.4, -0.2) is 55.4 Å². The lowest BCUT2D eigenvalue weighted by Crippen LogP contribution is -2.49. The molecule has 2 aromatic carbocycles. The van der Waals surface area contributed by atoms with Gasteiger partial charge in [0.25, 0.3) is 0 Å². The molecule has 1 N–H and O–H groups in total. The topological polar surface area (TPSA) is 86.0 Å². The molecule has 0 bridgehead atoms. The van der Waals surface area contributed by atoms with E-state index in [9.17, 15) is 10.1 Å². The summed E-state index contributed by atoms with van der Waals surface area (Å²) in [7, 11) is 0. The maximum atomic E-state index is 10.9. The van der Waals surface area contributed by atoms with E-state index in [1.54, 1.807) is 0 Å². The number of benzene rings is 2. The number of nitriles is 1. The van der Waals surface area contributed by atoms with E-state index < -0.39 is 5.97 Å². The van der Waals surface area contributed by atoms with Crippen molar-refractivity contribution < 1.29 is 19.4 Å². The maximum Gasteiger partial charge on any atom is 0.309 e. The van der Waals surface area contributed by atoms with Crippen LogP contribution in [0.2, 0.25) is 0 Å². The summed E-state index contributed by atoms with van der Waals surface area (Å²) < 4.78 is 11.3. The number of ether oxygens (including phenoxy) is 2. The number of carbonyl (C=O) groups is 1. The van der Waals surface area contributed by atoms with Crippen molar-refractivity contribution in [3.8, 4) is 11.8 Å². The van der Waals surface area contributed by atoms with Crippen LogP contribution in [0.1, 0.15) is 16.7 Å². The van der Waals surface area contributed by atoms with E-state index in [0.717, 1.165) is 42.2 Å². The Morgan fingerprint density at radius 3 is 2.50 bits per heavy atom. The van der Waals surface area contributed by atoms with Crippen molar-refractivity contribution in [3.63, 3.8) is 0 Å². The molecule has 2 saturated heterocycles. The lowest BCUT2D eigenvalue weighted by atomic mass is 10.00. The molecule has 0 radical (unpaired) electrons. The van der Waals surface area contributed by atoms with Gasteiger partial charge in [0.15, 0.2) is 0 Å². The third kappa shape index (κ3) is 4.73. The van der Waals surface area contributed by atoms with Gasteiger partial charge in [-0.1, -0.05) is 18.2 Å². The Labute approximate surface area is 176 Å². The monoisotopic (exact) mass is 407 g/mol. The highest BCUT2D eigenvalue weighted by atomic mass is 16.5. The number of aliphatic carboxylic acids is 1. The standard InChI is InChI=1S/C23H25N3O4/c24-12-19-11-18(3-6-22(19)26-7-9-29-10-8-26)16-30-21-4-1-17(2-5-21)13-25-14-20(15-25)23(27)28/h1-6,11,20H,7-10,13-16H2,(H,27,28). The Balaban J connectivity index is 1.31. The van der Waals surface area contributed by atoms with Gasteiger partial charge in [0.1, 0.15) is 18.4 Å². The molecule has 4 rings (SSSR count). The molecule has 2 aliphatic heterocycles. The number of hydrogen-bond acceptors (Lipinski definition) is 6. The first-order valence-corrected chi connectivity index (χ1v) is 10.1. The molecule has 2 heterocycles. The Morgan fingerprint density at radius 1 is 1.13 bits per heavy atom. The van der Waals surface area contributed by atoms with Crippen molar-refractivity contribution in [1.82, 2.24) is 4.90 Å². The molecular formula is C23H25N3O4. The van der Waals surface area contributed by atoms with E-state index in [0.29, 0.717) is 38.5 Å². The van der Waals surface area contributed by atoms with Crippen LogP contribution in [0.25, 0.3) is 0 Å². The van der Waals surface area contributed by atoms with Gasteiger partial charge in [0.05, 0.1) is 30.4 Å². The predicted molar refractivity (Wildman–Crippen MR) is 111 cm³/mol. The van der Waals surface area contributed by atoms with Crippen LogP contribution in [0, 0.1) is 17.2 Å². The number of carboxylic acids is 1. The normalized spacial score (nSPS) is 17.2. The lowest BCUT2D eigenvalue weighted by molar-refractivity contribution is -0.147. The molecule has 0 spiro atoms. The highest BCUT2D eigenvalue weighted by molar-refractivity contribution is 5.71. The predicted octanol–water partition coefficient (Wildman–Crippen LogP) is 2.49. The summed E-state index contributed by atoms with van der Waals surface area (Å²) in [5.41, 5.74) is 3.69. The van der Waals surface area contributed by atoms with Crippen molar-refractivity contribution >= 4 is 11.7 Å². The van der Waals surface area contributed by atoms with E-state index in [2.05, 4.69) is 15.9 Å². The SMILES string of the molecule is N#Cc1cc(COc2ccc(CN3CC(C(=O)O)C3)cc2)ccc1N1CCOCC1. The van der Waals surface area contributed by atoms with Crippen LogP contribution in [0.15, 0.2) is 42.5 Å². The average molecular weight is 407 g/mol. The molecule has 7 nitrogen and oxygen atoms in total. The zero-order valence-corrected chi connectivity index (χ0v) is 16.8. The number of likely N-dealkylation sites (tertiary alicyclic amines) is 1. The number of hydrogen-bond donors (Lipinski definition) is 1. The van der Waals surface area contributed by atoms with Crippen LogP contribution in [0.4, 0.5) is 5.69 Å². The Bertz CT molecular complexity index is 926. The van der Waals surface area contributed by atoms with E-state index in [1.807, 2.05) is 42.5 Å². The van der Waals surface area contributed by atoms with Gasteiger partial charge in [-0.25, -0.2) is 0 Å². The van der Waals surface area contributed by atoms with Crippen molar-refractivity contribution in [3.05, 3.63) is 59.2 Å². The van der Waals surface area contributed by atoms with E-state index >= 15 is 0 Å². The second-order valence-corrected chi connectivity index (χ2v) is 7.72. The van der Waals surface area contributed by atoms with Gasteiger partial charge >= 0.3 is 5.97 Å². The van der Waals surface area contributed by atoms with E-state index in [1.165, 1.54) is 0 Å². The molecule has 0 aliphatic carbocycles. The van der Waals surface area contributed by atoms with Crippen molar-refractivity contribution in [2.24, 2.45) is 5.92 Å². The molecular weight excluding hydrogens is 382 g/mol. The number of rotatable bonds is 7. The third-order valence-electron chi connectivity index (χ3n) is 5.57. The zero-order chi connectivity index (χ0) is 20.9. The fourth-order valence-corrected chi connectivity index (χ4v) is 3.81. The average Bonchev–Trinajstić information content (AvgIpc) is 2.75. The fraction of sp³-hybridized carbons (Fsp3) is 0.391. The van der Waals surface area contributed by atoms with Crippen LogP contribution >= 0.6 is 0 Å². The molecule has 0 aromatic heterocycles. The second kappa shape index (κ2) is 9.16. The molecule has 2 aliphatic rings. The largest absolute Gasteiger partial charge is 0.489 e. The Hall–Kier alpha value is -3.08. The van der Waals surface area contributed by atoms with Crippen molar-refractivity contribution in [2.75, 3.05) is 44.3 Å². The summed E-state index contributed by atoms with van der Waals surface area (Å²) in [6.45, 7) is 5.32. The van der Waals surface area contributed by atoms with E-state index in [-0.39, 0.29) is 5.92 Å². The fourth-order valence-electron chi connectivity index (χ4n) is 3.81. The number of carboxylic acid groups (broad SMARTS) is 1. The minimum Gasteiger partial charge on any atom is -0.489 e. The quantitative estimate of drug-likeness (QED) is 0.755. The first-order chi connectivity index (χ1) is 14.6. The van der Waals surface area contributed by atoms with E-state index in [4.69, 9.17) is 14.6 Å². The summed E-state index contributed by atoms with van der Waals surface area (Å²) in [5.74, 6) is -0.186. The van der Waals surface area contributed by atoms with Gasteiger partial charge < -0.3 is 19.5 Å². The first kappa shape index (κ1) is 20.2. The Morgan fingerprint density at radius 2 is 1.83 bits per heavy atom. The van der Waals surface area contributed by atoms with Gasteiger partial charge in [-0.05, 0) is 35.4 Å². The molecule has 0 unspecified atom stereocenters. The molecule has 0 saturated carbocycles. The molecule has 2 fully saturated rings. The maximum absolute atomic E-state index is 10.9. The van der Waals surface area contributed by atoms with Crippen LogP contribution < -0.4 is 9.64 Å². The van der Waals surface area contributed by atoms with Crippen LogP contribution in [-0.2, 0) is 22.7 Å². The Kier molecular flexibility index (Phi) is 6.17. The first-order valence-electron chi connectivity index (χ1n) is 10.1.